The van der Waals surface area contributed by atoms with Crippen molar-refractivity contribution in [2.45, 2.75) is 6.04 Å². The van der Waals surface area contributed by atoms with Gasteiger partial charge in [0.05, 0.1) is 16.7 Å². The van der Waals surface area contributed by atoms with E-state index in [-0.39, 0.29) is 5.91 Å². The van der Waals surface area contributed by atoms with E-state index < -0.39 is 12.1 Å². The van der Waals surface area contributed by atoms with E-state index in [2.05, 4.69) is 20.6 Å². The van der Waals surface area contributed by atoms with E-state index in [1.165, 1.54) is 0 Å². The highest BCUT2D eigenvalue weighted by molar-refractivity contribution is 6.04. The summed E-state index contributed by atoms with van der Waals surface area (Å²) in [7, 11) is 0. The highest BCUT2D eigenvalue weighted by Gasteiger charge is 2.31. The zero-order valence-corrected chi connectivity index (χ0v) is 8.15. The Morgan fingerprint density at radius 2 is 2.19 bits per heavy atom. The van der Waals surface area contributed by atoms with Crippen molar-refractivity contribution in [1.29, 1.82) is 0 Å². The molecule has 1 aliphatic rings. The van der Waals surface area contributed by atoms with Gasteiger partial charge in [-0.05, 0) is 18.2 Å². The van der Waals surface area contributed by atoms with Crippen LogP contribution in [0, 0.1) is 0 Å². The molecular weight excluding hydrogens is 208 g/mol. The summed E-state index contributed by atoms with van der Waals surface area (Å²) in [5.41, 5.74) is 2.25. The van der Waals surface area contributed by atoms with Crippen molar-refractivity contribution in [3.8, 4) is 0 Å². The summed E-state index contributed by atoms with van der Waals surface area (Å²) in [5.74, 6) is -0.350. The average molecular weight is 216 g/mol. The van der Waals surface area contributed by atoms with E-state index in [0.717, 1.165) is 11.0 Å². The maximum atomic E-state index is 11.4. The van der Waals surface area contributed by atoms with Crippen LogP contribution in [0.2, 0.25) is 0 Å². The zero-order valence-electron chi connectivity index (χ0n) is 8.15. The molecule has 2 aromatic rings. The van der Waals surface area contributed by atoms with Gasteiger partial charge in [-0.25, -0.2) is 4.79 Å². The largest absolute Gasteiger partial charge is 0.355 e. The van der Waals surface area contributed by atoms with Crippen LogP contribution in [0.3, 0.4) is 0 Å². The molecule has 1 aliphatic heterocycles. The van der Waals surface area contributed by atoms with Gasteiger partial charge in [0.1, 0.15) is 0 Å². The molecule has 0 unspecified atom stereocenters. The van der Waals surface area contributed by atoms with Gasteiger partial charge in [0.15, 0.2) is 6.04 Å². The number of rotatable bonds is 1. The average Bonchev–Trinajstić information content (AvgIpc) is 2.81. The summed E-state index contributed by atoms with van der Waals surface area (Å²) in [6.07, 6.45) is 1.67. The third kappa shape index (κ3) is 1.23. The lowest BCUT2D eigenvalue weighted by molar-refractivity contribution is -0.120. The molecule has 3 N–H and O–H groups in total. The Balaban J connectivity index is 2.06. The van der Waals surface area contributed by atoms with Crippen LogP contribution < -0.4 is 10.6 Å². The summed E-state index contributed by atoms with van der Waals surface area (Å²) in [6, 6.07) is 4.30. The third-order valence-electron chi connectivity index (χ3n) is 2.50. The van der Waals surface area contributed by atoms with Crippen LogP contribution in [0.25, 0.3) is 11.0 Å². The van der Waals surface area contributed by atoms with Gasteiger partial charge in [0, 0.05) is 6.20 Å². The summed E-state index contributed by atoms with van der Waals surface area (Å²) in [4.78, 5) is 29.6. The number of urea groups is 1. The first-order chi connectivity index (χ1) is 7.74. The van der Waals surface area contributed by atoms with Crippen LogP contribution in [0.1, 0.15) is 11.7 Å². The third-order valence-corrected chi connectivity index (χ3v) is 2.50. The highest BCUT2D eigenvalue weighted by Crippen LogP contribution is 2.20. The number of aromatic nitrogens is 2. The number of H-pyrrole nitrogens is 1. The van der Waals surface area contributed by atoms with E-state index >= 15 is 0 Å². The molecule has 0 bridgehead atoms. The molecule has 1 atom stereocenters. The van der Waals surface area contributed by atoms with Gasteiger partial charge in [-0.1, -0.05) is 0 Å². The van der Waals surface area contributed by atoms with Gasteiger partial charge < -0.3 is 10.3 Å². The summed E-state index contributed by atoms with van der Waals surface area (Å²) >= 11 is 0. The topological polar surface area (TPSA) is 86.9 Å². The molecule has 0 aromatic carbocycles. The number of amides is 3. The second-order valence-electron chi connectivity index (χ2n) is 3.56. The quantitative estimate of drug-likeness (QED) is 0.604. The van der Waals surface area contributed by atoms with Crippen molar-refractivity contribution in [3.63, 3.8) is 0 Å². The van der Waals surface area contributed by atoms with E-state index in [4.69, 9.17) is 0 Å². The van der Waals surface area contributed by atoms with Crippen LogP contribution in [-0.4, -0.2) is 21.9 Å². The first-order valence-electron chi connectivity index (χ1n) is 4.79. The van der Waals surface area contributed by atoms with Gasteiger partial charge in [-0.15, -0.1) is 0 Å². The molecule has 80 valence electrons. The number of aromatic amines is 1. The number of nitrogens with zero attached hydrogens (tertiary/aromatic N) is 1. The minimum Gasteiger partial charge on any atom is -0.355 e. The fourth-order valence-corrected chi connectivity index (χ4v) is 1.77. The Morgan fingerprint density at radius 3 is 2.88 bits per heavy atom. The number of carbonyl (C=O) groups excluding carboxylic acids is 2. The van der Waals surface area contributed by atoms with Crippen molar-refractivity contribution in [2.75, 3.05) is 0 Å². The van der Waals surface area contributed by atoms with Crippen LogP contribution in [0.4, 0.5) is 4.79 Å². The summed E-state index contributed by atoms with van der Waals surface area (Å²) in [6.45, 7) is 0. The lowest BCUT2D eigenvalue weighted by Crippen LogP contribution is -2.22. The first-order valence-corrected chi connectivity index (χ1v) is 4.79. The Kier molecular flexibility index (Phi) is 1.70. The van der Waals surface area contributed by atoms with Crippen molar-refractivity contribution in [2.24, 2.45) is 0 Å². The molecule has 16 heavy (non-hydrogen) atoms. The van der Waals surface area contributed by atoms with Crippen molar-refractivity contribution in [3.05, 3.63) is 30.1 Å². The number of carbonyl (C=O) groups is 2. The minimum atomic E-state index is -0.651. The zero-order chi connectivity index (χ0) is 11.1. The van der Waals surface area contributed by atoms with Gasteiger partial charge in [-0.3, -0.25) is 15.1 Å². The number of fused-ring (bicyclic) bond motifs is 1. The Morgan fingerprint density at radius 1 is 1.31 bits per heavy atom. The minimum absolute atomic E-state index is 0.350. The smallest absolute Gasteiger partial charge is 0.322 e. The predicted molar refractivity (Wildman–Crippen MR) is 55.5 cm³/mol. The second-order valence-corrected chi connectivity index (χ2v) is 3.56. The van der Waals surface area contributed by atoms with Gasteiger partial charge in [0.2, 0.25) is 0 Å². The van der Waals surface area contributed by atoms with Gasteiger partial charge in [0.25, 0.3) is 5.91 Å². The molecule has 0 spiro atoms. The van der Waals surface area contributed by atoms with E-state index in [9.17, 15) is 9.59 Å². The molecule has 3 amide bonds. The highest BCUT2D eigenvalue weighted by atomic mass is 16.2. The molecular formula is C10H8N4O2. The van der Waals surface area contributed by atoms with Gasteiger partial charge >= 0.3 is 6.03 Å². The summed E-state index contributed by atoms with van der Waals surface area (Å²) < 4.78 is 0. The second kappa shape index (κ2) is 3.06. The van der Waals surface area contributed by atoms with Crippen LogP contribution in [0.15, 0.2) is 24.4 Å². The SMILES string of the molecule is O=C1NC(=O)[C@H](c2cc3ncccc3[nH]2)N1. The molecule has 3 rings (SSSR count). The fourth-order valence-electron chi connectivity index (χ4n) is 1.77. The molecule has 0 saturated carbocycles. The normalized spacial score (nSPS) is 19.9. The van der Waals surface area contributed by atoms with Crippen molar-refractivity contribution >= 4 is 23.0 Å². The number of nitrogens with one attached hydrogen (secondary N) is 3. The number of hydrogen-bond donors (Lipinski definition) is 3. The molecule has 0 aliphatic carbocycles. The van der Waals surface area contributed by atoms with Crippen LogP contribution in [-0.2, 0) is 4.79 Å². The fraction of sp³-hybridized carbons (Fsp3) is 0.100. The molecule has 6 nitrogen and oxygen atoms in total. The van der Waals surface area contributed by atoms with Gasteiger partial charge in [-0.2, -0.15) is 0 Å². The Labute approximate surface area is 90.1 Å². The lowest BCUT2D eigenvalue weighted by atomic mass is 10.2. The van der Waals surface area contributed by atoms with Crippen molar-refractivity contribution in [1.82, 2.24) is 20.6 Å². The monoisotopic (exact) mass is 216 g/mol. The predicted octanol–water partition coefficient (Wildman–Crippen LogP) is 0.443. The van der Waals surface area contributed by atoms with E-state index in [0.29, 0.717) is 5.69 Å². The molecule has 0 radical (unpaired) electrons. The van der Waals surface area contributed by atoms with E-state index in [1.54, 1.807) is 18.3 Å². The maximum Gasteiger partial charge on any atom is 0.322 e. The number of pyridine rings is 1. The maximum absolute atomic E-state index is 11.4. The van der Waals surface area contributed by atoms with Crippen LogP contribution in [0.5, 0.6) is 0 Å². The molecule has 6 heteroatoms. The molecule has 1 saturated heterocycles. The molecule has 1 fully saturated rings. The molecule has 2 aromatic heterocycles. The standard InChI is InChI=1S/C10H8N4O2/c15-9-8(13-10(16)14-9)7-4-6-5(12-7)2-1-3-11-6/h1-4,8,12H,(H2,13,14,15,16)/t8-/m0/s1. The summed E-state index contributed by atoms with van der Waals surface area (Å²) in [5, 5.41) is 4.70. The first kappa shape index (κ1) is 8.90. The van der Waals surface area contributed by atoms with Crippen molar-refractivity contribution < 1.29 is 9.59 Å². The number of hydrogen-bond acceptors (Lipinski definition) is 3. The Bertz CT molecular complexity index is 556. The lowest BCUT2D eigenvalue weighted by Gasteiger charge is -2.02. The number of imide groups is 1. The molecule has 3 heterocycles. The van der Waals surface area contributed by atoms with Crippen LogP contribution >= 0.6 is 0 Å². The van der Waals surface area contributed by atoms with E-state index in [1.807, 2.05) is 6.07 Å². The Hall–Kier alpha value is -2.37.